The monoisotopic (exact) mass is 265 g/mol. The van der Waals surface area contributed by atoms with Gasteiger partial charge in [-0.25, -0.2) is 9.97 Å². The molecule has 0 aromatic carbocycles. The fourth-order valence-electron chi connectivity index (χ4n) is 2.53. The number of hydrogen-bond acceptors (Lipinski definition) is 6. The van der Waals surface area contributed by atoms with Crippen LogP contribution in [0.4, 0.5) is 5.82 Å². The van der Waals surface area contributed by atoms with Gasteiger partial charge in [0, 0.05) is 32.4 Å². The molecule has 0 spiro atoms. The highest BCUT2D eigenvalue weighted by atomic mass is 15.3. The van der Waals surface area contributed by atoms with Crippen LogP contribution in [0.25, 0.3) is 16.8 Å². The Morgan fingerprint density at radius 1 is 1.25 bits per heavy atom. The van der Waals surface area contributed by atoms with Crippen LogP contribution >= 0.6 is 0 Å². The Morgan fingerprint density at radius 2 is 2.10 bits per heavy atom. The first-order valence-corrected chi connectivity index (χ1v) is 6.53. The average Bonchev–Trinajstić information content (AvgIpc) is 2.97. The zero-order chi connectivity index (χ0) is 13.5. The molecule has 0 atom stereocenters. The molecule has 3 aromatic rings. The molecule has 1 N–H and O–H groups in total. The number of nitrogens with one attached hydrogen (secondary N) is 1. The summed E-state index contributed by atoms with van der Waals surface area (Å²) in [4.78, 5) is 11.2. The van der Waals surface area contributed by atoms with Gasteiger partial charge in [0.15, 0.2) is 11.5 Å². The Bertz CT molecular complexity index is 778. The van der Waals surface area contributed by atoms with Crippen LogP contribution in [0, 0.1) is 0 Å². The number of piperazine rings is 1. The smallest absolute Gasteiger partial charge is 0.204 e. The lowest BCUT2D eigenvalue weighted by atomic mass is 9.99. The van der Waals surface area contributed by atoms with Crippen molar-refractivity contribution in [1.82, 2.24) is 29.9 Å². The summed E-state index contributed by atoms with van der Waals surface area (Å²) in [5.41, 5.74) is 2.82. The van der Waals surface area contributed by atoms with Crippen molar-refractivity contribution in [2.24, 2.45) is 0 Å². The van der Waals surface area contributed by atoms with Gasteiger partial charge in [-0.05, 0) is 6.07 Å². The topological polar surface area (TPSA) is 71.2 Å². The zero-order valence-electron chi connectivity index (χ0n) is 10.8. The molecule has 0 unspecified atom stereocenters. The number of hydrogen-bond donors (Lipinski definition) is 1. The van der Waals surface area contributed by atoms with Gasteiger partial charge in [-0.15, -0.1) is 10.2 Å². The third-order valence-corrected chi connectivity index (χ3v) is 3.50. The standard InChI is InChI=1S/C12H12BN7/c13-8-5-9-10(15-6-8)17-11(12-18-16-7-20(9)12)19-3-1-14-2-4-19/h5-7,14H,1-4H2. The molecule has 1 saturated heterocycles. The molecular weight excluding hydrogens is 253 g/mol. The molecule has 7 nitrogen and oxygen atoms in total. The van der Waals surface area contributed by atoms with Gasteiger partial charge in [0.2, 0.25) is 5.65 Å². The van der Waals surface area contributed by atoms with Crippen molar-refractivity contribution in [3.63, 3.8) is 0 Å². The summed E-state index contributed by atoms with van der Waals surface area (Å²) in [6.07, 6.45) is 3.29. The predicted molar refractivity (Wildman–Crippen MR) is 76.6 cm³/mol. The van der Waals surface area contributed by atoms with Crippen molar-refractivity contribution in [1.29, 1.82) is 0 Å². The van der Waals surface area contributed by atoms with Crippen molar-refractivity contribution in [3.8, 4) is 0 Å². The van der Waals surface area contributed by atoms with E-state index < -0.39 is 0 Å². The number of aromatic nitrogens is 5. The van der Waals surface area contributed by atoms with Gasteiger partial charge in [0.25, 0.3) is 0 Å². The van der Waals surface area contributed by atoms with Crippen molar-refractivity contribution < 1.29 is 0 Å². The van der Waals surface area contributed by atoms with E-state index in [2.05, 4.69) is 30.4 Å². The minimum atomic E-state index is 0.601. The first-order chi connectivity index (χ1) is 9.83. The number of nitrogens with zero attached hydrogens (tertiary/aromatic N) is 6. The fourth-order valence-corrected chi connectivity index (χ4v) is 2.53. The molecule has 1 aliphatic rings. The number of rotatable bonds is 1. The maximum absolute atomic E-state index is 5.80. The maximum Gasteiger partial charge on any atom is 0.204 e. The second-order valence-electron chi connectivity index (χ2n) is 4.81. The van der Waals surface area contributed by atoms with Gasteiger partial charge >= 0.3 is 0 Å². The van der Waals surface area contributed by atoms with Gasteiger partial charge in [0.1, 0.15) is 14.2 Å². The van der Waals surface area contributed by atoms with Crippen LogP contribution in [0.5, 0.6) is 0 Å². The Balaban J connectivity index is 1.99. The van der Waals surface area contributed by atoms with Gasteiger partial charge in [-0.3, -0.25) is 4.40 Å². The molecule has 3 aromatic heterocycles. The van der Waals surface area contributed by atoms with Crippen LogP contribution in [-0.2, 0) is 0 Å². The quantitative estimate of drug-likeness (QED) is 0.562. The van der Waals surface area contributed by atoms with Crippen molar-refractivity contribution >= 4 is 35.9 Å². The Hall–Kier alpha value is -2.22. The molecule has 98 valence electrons. The molecular formula is C12H12BN7. The summed E-state index contributed by atoms with van der Waals surface area (Å²) < 4.78 is 1.89. The average molecular weight is 265 g/mol. The van der Waals surface area contributed by atoms with Crippen LogP contribution in [0.1, 0.15) is 0 Å². The molecule has 20 heavy (non-hydrogen) atoms. The predicted octanol–water partition coefficient (Wildman–Crippen LogP) is -1.12. The zero-order valence-corrected chi connectivity index (χ0v) is 10.8. The molecule has 1 aliphatic heterocycles. The van der Waals surface area contributed by atoms with E-state index in [1.165, 1.54) is 0 Å². The van der Waals surface area contributed by atoms with Crippen molar-refractivity contribution in [3.05, 3.63) is 18.6 Å². The van der Waals surface area contributed by atoms with Crippen LogP contribution in [0.3, 0.4) is 0 Å². The highest BCUT2D eigenvalue weighted by molar-refractivity contribution is 6.32. The van der Waals surface area contributed by atoms with E-state index in [9.17, 15) is 0 Å². The van der Waals surface area contributed by atoms with E-state index in [1.54, 1.807) is 12.5 Å². The molecule has 8 heteroatoms. The summed E-state index contributed by atoms with van der Waals surface area (Å²) >= 11 is 0. The lowest BCUT2D eigenvalue weighted by Gasteiger charge is -2.28. The maximum atomic E-state index is 5.80. The molecule has 4 rings (SSSR count). The van der Waals surface area contributed by atoms with Crippen LogP contribution in [0.2, 0.25) is 0 Å². The fraction of sp³-hybridized carbons (Fsp3) is 0.333. The highest BCUT2D eigenvalue weighted by Crippen LogP contribution is 2.21. The second kappa shape index (κ2) is 4.41. The highest BCUT2D eigenvalue weighted by Gasteiger charge is 2.18. The van der Waals surface area contributed by atoms with Crippen LogP contribution < -0.4 is 15.7 Å². The second-order valence-corrected chi connectivity index (χ2v) is 4.81. The van der Waals surface area contributed by atoms with E-state index in [1.807, 2.05) is 10.5 Å². The summed E-state index contributed by atoms with van der Waals surface area (Å²) in [6.45, 7) is 3.68. The number of anilines is 1. The van der Waals surface area contributed by atoms with Crippen molar-refractivity contribution in [2.45, 2.75) is 0 Å². The van der Waals surface area contributed by atoms with Crippen molar-refractivity contribution in [2.75, 3.05) is 31.1 Å². The first-order valence-electron chi connectivity index (χ1n) is 6.53. The third-order valence-electron chi connectivity index (χ3n) is 3.50. The molecule has 2 radical (unpaired) electrons. The molecule has 0 bridgehead atoms. The van der Waals surface area contributed by atoms with E-state index in [0.717, 1.165) is 43.2 Å². The number of fused-ring (bicyclic) bond motifs is 3. The molecule has 4 heterocycles. The lowest BCUT2D eigenvalue weighted by molar-refractivity contribution is 0.586. The summed E-state index contributed by atoms with van der Waals surface area (Å²) in [7, 11) is 5.80. The van der Waals surface area contributed by atoms with E-state index in [4.69, 9.17) is 7.85 Å². The van der Waals surface area contributed by atoms with E-state index in [-0.39, 0.29) is 0 Å². The summed E-state index contributed by atoms with van der Waals surface area (Å²) in [6, 6.07) is 1.84. The van der Waals surface area contributed by atoms with Gasteiger partial charge in [-0.1, -0.05) is 5.46 Å². The number of pyridine rings is 1. The van der Waals surface area contributed by atoms with Gasteiger partial charge in [-0.2, -0.15) is 0 Å². The SMILES string of the molecule is [B]c1cnc2nc(N3CCNCC3)c3nncn3c2c1. The minimum Gasteiger partial charge on any atom is -0.351 e. The van der Waals surface area contributed by atoms with Gasteiger partial charge < -0.3 is 10.2 Å². The first kappa shape index (κ1) is 11.6. The normalized spacial score (nSPS) is 16.1. The Kier molecular flexibility index (Phi) is 2.56. The summed E-state index contributed by atoms with van der Waals surface area (Å²) in [5, 5.41) is 11.5. The summed E-state index contributed by atoms with van der Waals surface area (Å²) in [5.74, 6) is 0.828. The van der Waals surface area contributed by atoms with E-state index in [0.29, 0.717) is 11.1 Å². The third kappa shape index (κ3) is 1.72. The lowest BCUT2D eigenvalue weighted by Crippen LogP contribution is -2.44. The molecule has 0 saturated carbocycles. The van der Waals surface area contributed by atoms with Crippen LogP contribution in [0.15, 0.2) is 18.6 Å². The van der Waals surface area contributed by atoms with E-state index >= 15 is 0 Å². The van der Waals surface area contributed by atoms with Gasteiger partial charge in [0.05, 0.1) is 5.52 Å². The Morgan fingerprint density at radius 3 is 2.95 bits per heavy atom. The Labute approximate surface area is 116 Å². The minimum absolute atomic E-state index is 0.601. The van der Waals surface area contributed by atoms with Crippen LogP contribution in [-0.4, -0.2) is 58.6 Å². The molecule has 1 fully saturated rings. The molecule has 0 amide bonds. The molecule has 0 aliphatic carbocycles. The largest absolute Gasteiger partial charge is 0.351 e.